The molecule has 0 aromatic rings. The summed E-state index contributed by atoms with van der Waals surface area (Å²) in [5, 5.41) is 0. The van der Waals surface area contributed by atoms with Crippen molar-refractivity contribution in [3.8, 4) is 0 Å². The molecule has 5 nitrogen and oxygen atoms in total. The molecule has 0 aromatic carbocycles. The van der Waals surface area contributed by atoms with Gasteiger partial charge in [-0.1, -0.05) is 19.6 Å². The quantitative estimate of drug-likeness (QED) is 0.427. The maximum Gasteiger partial charge on any atom is 0.272 e. The Bertz CT molecular complexity index is 547. The first-order valence-electron chi connectivity index (χ1n) is 8.86. The van der Waals surface area contributed by atoms with Crippen molar-refractivity contribution in [1.82, 2.24) is 9.80 Å². The predicted molar refractivity (Wildman–Crippen MR) is 97.0 cm³/mol. The lowest BCUT2D eigenvalue weighted by Crippen LogP contribution is -2.59. The molecule has 0 N–H and O–H groups in total. The fourth-order valence-electron chi connectivity index (χ4n) is 3.44. The Morgan fingerprint density at radius 2 is 2.04 bits per heavy atom. The second-order valence-corrected chi connectivity index (χ2v) is 6.96. The van der Waals surface area contributed by atoms with Gasteiger partial charge in [0.05, 0.1) is 0 Å². The van der Waals surface area contributed by atoms with Gasteiger partial charge < -0.3 is 9.69 Å². The molecule has 2 aliphatic rings. The minimum Gasteiger partial charge on any atom is -0.334 e. The Morgan fingerprint density at radius 1 is 1.33 bits per heavy atom. The molecule has 5 heteroatoms. The van der Waals surface area contributed by atoms with Gasteiger partial charge in [0.2, 0.25) is 0 Å². The molecule has 0 aromatic heterocycles. The maximum atomic E-state index is 12.8. The fourth-order valence-corrected chi connectivity index (χ4v) is 3.44. The third-order valence-corrected chi connectivity index (χ3v) is 4.82. The smallest absolute Gasteiger partial charge is 0.272 e. The summed E-state index contributed by atoms with van der Waals surface area (Å²) < 4.78 is 0. The van der Waals surface area contributed by atoms with E-state index in [1.165, 1.54) is 0 Å². The maximum absolute atomic E-state index is 12.8. The monoisotopic (exact) mass is 331 g/mol. The number of rotatable bonds is 6. The van der Waals surface area contributed by atoms with Crippen molar-refractivity contribution in [1.29, 1.82) is 0 Å². The van der Waals surface area contributed by atoms with Gasteiger partial charge in [-0.3, -0.25) is 14.7 Å². The van der Waals surface area contributed by atoms with Crippen LogP contribution in [0.1, 0.15) is 40.0 Å². The van der Waals surface area contributed by atoms with Crippen molar-refractivity contribution in [2.75, 3.05) is 19.6 Å². The summed E-state index contributed by atoms with van der Waals surface area (Å²) in [6.45, 7) is 12.1. The fraction of sp³-hybridized carbons (Fsp3) is 0.632. The third-order valence-electron chi connectivity index (χ3n) is 4.82. The van der Waals surface area contributed by atoms with E-state index < -0.39 is 0 Å². The van der Waals surface area contributed by atoms with Gasteiger partial charge in [0.15, 0.2) is 0 Å². The van der Waals surface area contributed by atoms with E-state index in [9.17, 15) is 9.59 Å². The number of hydrogen-bond donors (Lipinski definition) is 0. The highest BCUT2D eigenvalue weighted by atomic mass is 16.2. The minimum atomic E-state index is 0.000211. The van der Waals surface area contributed by atoms with Gasteiger partial charge in [-0.25, -0.2) is 0 Å². The molecule has 24 heavy (non-hydrogen) atoms. The van der Waals surface area contributed by atoms with Crippen molar-refractivity contribution in [3.63, 3.8) is 0 Å². The van der Waals surface area contributed by atoms with Crippen LogP contribution in [0, 0.1) is 5.92 Å². The van der Waals surface area contributed by atoms with Gasteiger partial charge in [-0.15, -0.1) is 0 Å². The summed E-state index contributed by atoms with van der Waals surface area (Å²) in [6.07, 6.45) is 7.30. The molecule has 1 heterocycles. The van der Waals surface area contributed by atoms with Crippen LogP contribution in [-0.2, 0) is 9.59 Å². The van der Waals surface area contributed by atoms with Crippen molar-refractivity contribution in [3.05, 3.63) is 23.9 Å². The number of piperazine rings is 1. The number of allylic oxidation sites excluding steroid dienone is 2. The lowest BCUT2D eigenvalue weighted by molar-refractivity contribution is -0.131. The summed E-state index contributed by atoms with van der Waals surface area (Å²) in [5.74, 6) is 0.234. The van der Waals surface area contributed by atoms with Crippen molar-refractivity contribution in [2.24, 2.45) is 10.9 Å². The number of nitrogens with zero attached hydrogens (tertiary/aromatic N) is 3. The van der Waals surface area contributed by atoms with Crippen LogP contribution >= 0.6 is 0 Å². The van der Waals surface area contributed by atoms with Crippen molar-refractivity contribution >= 4 is 18.4 Å². The number of aldehydes is 1. The zero-order chi connectivity index (χ0) is 17.7. The number of aliphatic imine (C=N–C) groups is 1. The van der Waals surface area contributed by atoms with E-state index in [0.29, 0.717) is 24.3 Å². The first kappa shape index (κ1) is 18.6. The van der Waals surface area contributed by atoms with Gasteiger partial charge in [0.1, 0.15) is 12.0 Å². The number of carbonyl (C=O) groups excluding carboxylic acids is 2. The van der Waals surface area contributed by atoms with Gasteiger partial charge in [-0.2, -0.15) is 0 Å². The summed E-state index contributed by atoms with van der Waals surface area (Å²) in [4.78, 5) is 32.2. The molecule has 0 radical (unpaired) electrons. The van der Waals surface area contributed by atoms with Crippen LogP contribution in [0.15, 0.2) is 28.9 Å². The zero-order valence-electron chi connectivity index (χ0n) is 15.1. The topological polar surface area (TPSA) is 53.0 Å². The number of amides is 1. The van der Waals surface area contributed by atoms with Crippen LogP contribution < -0.4 is 0 Å². The Morgan fingerprint density at radius 3 is 2.58 bits per heavy atom. The molecule has 1 aliphatic carbocycles. The summed E-state index contributed by atoms with van der Waals surface area (Å²) in [7, 11) is 0. The predicted octanol–water partition coefficient (Wildman–Crippen LogP) is 2.44. The van der Waals surface area contributed by atoms with Gasteiger partial charge in [0.25, 0.3) is 5.91 Å². The largest absolute Gasteiger partial charge is 0.334 e. The van der Waals surface area contributed by atoms with Crippen LogP contribution in [0.4, 0.5) is 0 Å². The standard InChI is InChI=1S/C19H29N3O2/c1-5-6-18(20-11-14(2)3)19(24)21-7-8-22(15(4)12-21)17-9-16(10-17)13-23/h6,11,13,15-17H,2,5,7-10,12H2,1,3-4H3/b18-6-,20-11?. The average Bonchev–Trinajstić information content (AvgIpc) is 2.51. The summed E-state index contributed by atoms with van der Waals surface area (Å²) >= 11 is 0. The first-order chi connectivity index (χ1) is 11.5. The number of hydrogen-bond acceptors (Lipinski definition) is 4. The molecule has 1 saturated heterocycles. The van der Waals surface area contributed by atoms with E-state index in [4.69, 9.17) is 0 Å². The Balaban J connectivity index is 1.96. The highest BCUT2D eigenvalue weighted by Gasteiger charge is 2.38. The van der Waals surface area contributed by atoms with Crippen LogP contribution in [0.2, 0.25) is 0 Å². The summed E-state index contributed by atoms with van der Waals surface area (Å²) in [6, 6.07) is 0.813. The van der Waals surface area contributed by atoms with E-state index in [2.05, 4.69) is 23.4 Å². The highest BCUT2D eigenvalue weighted by molar-refractivity contribution is 5.95. The average molecular weight is 331 g/mol. The van der Waals surface area contributed by atoms with E-state index in [0.717, 1.165) is 44.2 Å². The van der Waals surface area contributed by atoms with Crippen LogP contribution in [0.5, 0.6) is 0 Å². The molecule has 1 aliphatic heterocycles. The third kappa shape index (κ3) is 4.41. The molecule has 2 fully saturated rings. The molecule has 132 valence electrons. The van der Waals surface area contributed by atoms with Crippen LogP contribution in [0.25, 0.3) is 0 Å². The number of carbonyl (C=O) groups is 2. The molecular weight excluding hydrogens is 302 g/mol. The highest BCUT2D eigenvalue weighted by Crippen LogP contribution is 2.32. The van der Waals surface area contributed by atoms with Gasteiger partial charge >= 0.3 is 0 Å². The molecule has 2 rings (SSSR count). The molecule has 1 saturated carbocycles. The second-order valence-electron chi connectivity index (χ2n) is 6.96. The summed E-state index contributed by atoms with van der Waals surface area (Å²) in [5.41, 5.74) is 1.34. The molecule has 0 bridgehead atoms. The Labute approximate surface area is 145 Å². The lowest BCUT2D eigenvalue weighted by atomic mass is 9.79. The first-order valence-corrected chi connectivity index (χ1v) is 8.86. The molecule has 0 spiro atoms. The van der Waals surface area contributed by atoms with Gasteiger partial charge in [0, 0.05) is 43.9 Å². The molecule has 1 atom stereocenters. The van der Waals surface area contributed by atoms with Gasteiger partial charge in [-0.05, 0) is 38.7 Å². The molecular formula is C19H29N3O2. The molecule has 1 amide bonds. The van der Waals surface area contributed by atoms with Crippen LogP contribution in [-0.4, -0.2) is 59.9 Å². The van der Waals surface area contributed by atoms with E-state index in [1.807, 2.05) is 24.8 Å². The van der Waals surface area contributed by atoms with E-state index in [1.54, 1.807) is 6.21 Å². The Kier molecular flexibility index (Phi) is 6.49. The van der Waals surface area contributed by atoms with Crippen molar-refractivity contribution < 1.29 is 9.59 Å². The Hall–Kier alpha value is -1.75. The van der Waals surface area contributed by atoms with Crippen LogP contribution in [0.3, 0.4) is 0 Å². The lowest BCUT2D eigenvalue weighted by Gasteiger charge is -2.48. The SMILES string of the molecule is C=C(C)C=N/C(=C\CC)C(=O)N1CCN(C2CC(C=O)C2)C(C)C1. The molecule has 1 unspecified atom stereocenters. The van der Waals surface area contributed by atoms with Crippen molar-refractivity contribution in [2.45, 2.75) is 52.1 Å². The normalized spacial score (nSPS) is 28.7. The zero-order valence-corrected chi connectivity index (χ0v) is 15.1. The van der Waals surface area contributed by atoms with E-state index >= 15 is 0 Å². The second kappa shape index (κ2) is 8.38. The van der Waals surface area contributed by atoms with E-state index in [-0.39, 0.29) is 11.8 Å². The minimum absolute atomic E-state index is 0.000211.